The molecule has 3 aromatic rings. The summed E-state index contributed by atoms with van der Waals surface area (Å²) in [6, 6.07) is 12.0. The van der Waals surface area contributed by atoms with Crippen molar-refractivity contribution in [2.24, 2.45) is 0 Å². The van der Waals surface area contributed by atoms with E-state index in [0.29, 0.717) is 16.4 Å². The van der Waals surface area contributed by atoms with Crippen LogP contribution in [0.25, 0.3) is 10.2 Å². The van der Waals surface area contributed by atoms with Crippen LogP contribution in [0.4, 0.5) is 5.69 Å². The maximum atomic E-state index is 12.0. The highest BCUT2D eigenvalue weighted by Gasteiger charge is 2.12. The predicted molar refractivity (Wildman–Crippen MR) is 102 cm³/mol. The second kappa shape index (κ2) is 8.15. The Morgan fingerprint density at radius 1 is 1.35 bits per heavy atom. The molecule has 1 heterocycles. The van der Waals surface area contributed by atoms with Gasteiger partial charge in [-0.1, -0.05) is 23.9 Å². The lowest BCUT2D eigenvalue weighted by Gasteiger charge is -2.06. The van der Waals surface area contributed by atoms with Crippen LogP contribution >= 0.6 is 23.1 Å². The molecule has 3 rings (SSSR count). The van der Waals surface area contributed by atoms with Crippen molar-refractivity contribution in [1.29, 1.82) is 0 Å². The van der Waals surface area contributed by atoms with Crippen molar-refractivity contribution < 1.29 is 14.5 Å². The van der Waals surface area contributed by atoms with E-state index in [1.165, 1.54) is 35.2 Å². The number of methoxy groups -OCH3 is 1. The number of nitro groups is 1. The van der Waals surface area contributed by atoms with Crippen LogP contribution in [0.1, 0.15) is 5.56 Å². The lowest BCUT2D eigenvalue weighted by atomic mass is 10.2. The Labute approximate surface area is 157 Å². The molecular formula is C17H15N3O4S2. The third kappa shape index (κ3) is 4.50. The van der Waals surface area contributed by atoms with Gasteiger partial charge in [-0.3, -0.25) is 14.9 Å². The molecule has 0 saturated heterocycles. The van der Waals surface area contributed by atoms with Crippen molar-refractivity contribution in [1.82, 2.24) is 10.3 Å². The monoisotopic (exact) mass is 389 g/mol. The Bertz CT molecular complexity index is 958. The first-order valence-electron chi connectivity index (χ1n) is 7.62. The lowest BCUT2D eigenvalue weighted by Crippen LogP contribution is -2.24. The van der Waals surface area contributed by atoms with E-state index < -0.39 is 4.92 Å². The molecule has 1 amide bonds. The van der Waals surface area contributed by atoms with Gasteiger partial charge in [0.25, 0.3) is 5.69 Å². The van der Waals surface area contributed by atoms with E-state index in [0.717, 1.165) is 16.0 Å². The van der Waals surface area contributed by atoms with Gasteiger partial charge in [0, 0.05) is 18.7 Å². The smallest absolute Gasteiger partial charge is 0.270 e. The molecule has 0 atom stereocenters. The number of thioether (sulfide) groups is 1. The average Bonchev–Trinajstić information content (AvgIpc) is 3.07. The van der Waals surface area contributed by atoms with E-state index in [1.807, 2.05) is 24.3 Å². The van der Waals surface area contributed by atoms with Gasteiger partial charge in [0.15, 0.2) is 4.34 Å². The molecule has 0 radical (unpaired) electrons. The summed E-state index contributed by atoms with van der Waals surface area (Å²) < 4.78 is 6.59. The van der Waals surface area contributed by atoms with Crippen LogP contribution in [0.15, 0.2) is 46.8 Å². The Balaban J connectivity index is 1.55. The topological polar surface area (TPSA) is 94.4 Å². The molecule has 2 aromatic carbocycles. The summed E-state index contributed by atoms with van der Waals surface area (Å²) in [5, 5.41) is 13.7. The molecule has 0 unspecified atom stereocenters. The number of rotatable bonds is 7. The van der Waals surface area contributed by atoms with Crippen molar-refractivity contribution >= 4 is 44.9 Å². The number of benzene rings is 2. The van der Waals surface area contributed by atoms with Crippen molar-refractivity contribution in [3.8, 4) is 5.75 Å². The van der Waals surface area contributed by atoms with E-state index in [4.69, 9.17) is 4.74 Å². The maximum absolute atomic E-state index is 12.0. The number of carbonyl (C=O) groups is 1. The summed E-state index contributed by atoms with van der Waals surface area (Å²) >= 11 is 2.65. The van der Waals surface area contributed by atoms with Crippen LogP contribution < -0.4 is 10.1 Å². The van der Waals surface area contributed by atoms with E-state index in [2.05, 4.69) is 10.3 Å². The molecule has 0 saturated carbocycles. The van der Waals surface area contributed by atoms with E-state index in [-0.39, 0.29) is 17.3 Å². The number of nitro benzene ring substituents is 1. The molecule has 0 spiro atoms. The highest BCUT2D eigenvalue weighted by atomic mass is 32.2. The van der Waals surface area contributed by atoms with Gasteiger partial charge in [-0.05, 0) is 23.8 Å². The largest absolute Gasteiger partial charge is 0.497 e. The number of nitrogens with one attached hydrogen (secondary N) is 1. The molecule has 0 aliphatic carbocycles. The predicted octanol–water partition coefficient (Wildman–Crippen LogP) is 3.62. The normalized spacial score (nSPS) is 10.7. The molecule has 7 nitrogen and oxygen atoms in total. The highest BCUT2D eigenvalue weighted by molar-refractivity contribution is 8.01. The lowest BCUT2D eigenvalue weighted by molar-refractivity contribution is -0.384. The van der Waals surface area contributed by atoms with E-state index >= 15 is 0 Å². The van der Waals surface area contributed by atoms with Gasteiger partial charge < -0.3 is 10.1 Å². The molecular weight excluding hydrogens is 374 g/mol. The van der Waals surface area contributed by atoms with Crippen LogP contribution in [0.2, 0.25) is 0 Å². The number of carbonyl (C=O) groups excluding carboxylic acids is 1. The first kappa shape index (κ1) is 18.2. The fourth-order valence-corrected chi connectivity index (χ4v) is 4.16. The number of non-ortho nitro benzene ring substituents is 1. The van der Waals surface area contributed by atoms with Crippen LogP contribution in [0.5, 0.6) is 5.75 Å². The Kier molecular flexibility index (Phi) is 5.69. The van der Waals surface area contributed by atoms with E-state index in [9.17, 15) is 14.9 Å². The standard InChI is InChI=1S/C17H15N3O4S2/c1-24-13-4-2-3-11(7-13)9-18-16(21)10-25-17-19-14-6-5-12(20(22)23)8-15(14)26-17/h2-8H,9-10H2,1H3,(H,18,21). The van der Waals surface area contributed by atoms with Crippen molar-refractivity contribution in [2.45, 2.75) is 10.9 Å². The molecule has 0 fully saturated rings. The second-order valence-corrected chi connectivity index (χ2v) is 7.56. The van der Waals surface area contributed by atoms with Gasteiger partial charge in [0.05, 0.1) is 28.0 Å². The summed E-state index contributed by atoms with van der Waals surface area (Å²) in [4.78, 5) is 26.8. The summed E-state index contributed by atoms with van der Waals surface area (Å²) in [6.45, 7) is 0.419. The van der Waals surface area contributed by atoms with Crippen LogP contribution in [-0.4, -0.2) is 28.7 Å². The fraction of sp³-hybridized carbons (Fsp3) is 0.176. The quantitative estimate of drug-likeness (QED) is 0.377. The molecule has 1 aromatic heterocycles. The maximum Gasteiger partial charge on any atom is 0.270 e. The molecule has 1 N–H and O–H groups in total. The molecule has 134 valence electrons. The Morgan fingerprint density at radius 2 is 2.19 bits per heavy atom. The van der Waals surface area contributed by atoms with Crippen molar-refractivity contribution in [3.63, 3.8) is 0 Å². The minimum absolute atomic E-state index is 0.0359. The van der Waals surface area contributed by atoms with Gasteiger partial charge in [-0.2, -0.15) is 0 Å². The number of hydrogen-bond acceptors (Lipinski definition) is 7. The fourth-order valence-electron chi connectivity index (χ4n) is 2.23. The number of ether oxygens (including phenoxy) is 1. The van der Waals surface area contributed by atoms with Crippen LogP contribution in [0.3, 0.4) is 0 Å². The molecule has 0 bridgehead atoms. The van der Waals surface area contributed by atoms with Gasteiger partial charge in [0.2, 0.25) is 5.91 Å². The molecule has 0 aliphatic rings. The van der Waals surface area contributed by atoms with Gasteiger partial charge >= 0.3 is 0 Å². The number of nitrogens with zero attached hydrogens (tertiary/aromatic N) is 2. The zero-order valence-corrected chi connectivity index (χ0v) is 15.4. The minimum Gasteiger partial charge on any atom is -0.497 e. The first-order valence-corrected chi connectivity index (χ1v) is 9.43. The third-order valence-corrected chi connectivity index (χ3v) is 5.67. The van der Waals surface area contributed by atoms with Crippen LogP contribution in [-0.2, 0) is 11.3 Å². The van der Waals surface area contributed by atoms with Gasteiger partial charge in [0.1, 0.15) is 5.75 Å². The third-order valence-electron chi connectivity index (χ3n) is 3.51. The Hall–Kier alpha value is -2.65. The SMILES string of the molecule is COc1cccc(CNC(=O)CSc2nc3ccc([N+](=O)[O-])cc3s2)c1. The molecule has 0 aliphatic heterocycles. The zero-order valence-electron chi connectivity index (χ0n) is 13.8. The highest BCUT2D eigenvalue weighted by Crippen LogP contribution is 2.31. The Morgan fingerprint density at radius 3 is 2.96 bits per heavy atom. The average molecular weight is 389 g/mol. The minimum atomic E-state index is -0.433. The number of fused-ring (bicyclic) bond motifs is 1. The summed E-state index contributed by atoms with van der Waals surface area (Å²) in [5.41, 5.74) is 1.68. The van der Waals surface area contributed by atoms with Crippen LogP contribution in [0, 0.1) is 10.1 Å². The van der Waals surface area contributed by atoms with Gasteiger partial charge in [-0.25, -0.2) is 4.98 Å². The van der Waals surface area contributed by atoms with Crippen molar-refractivity contribution in [2.75, 3.05) is 12.9 Å². The number of aromatic nitrogens is 1. The summed E-state index contributed by atoms with van der Waals surface area (Å²) in [5.74, 6) is 0.865. The number of amides is 1. The summed E-state index contributed by atoms with van der Waals surface area (Å²) in [6.07, 6.45) is 0. The van der Waals surface area contributed by atoms with Crippen molar-refractivity contribution in [3.05, 3.63) is 58.1 Å². The molecule has 9 heteroatoms. The molecule has 26 heavy (non-hydrogen) atoms. The van der Waals surface area contributed by atoms with Gasteiger partial charge in [-0.15, -0.1) is 11.3 Å². The first-order chi connectivity index (χ1) is 12.5. The second-order valence-electron chi connectivity index (χ2n) is 5.31. The summed E-state index contributed by atoms with van der Waals surface area (Å²) in [7, 11) is 1.60. The number of thiazole rings is 1. The number of hydrogen-bond donors (Lipinski definition) is 1. The zero-order chi connectivity index (χ0) is 18.5. The van der Waals surface area contributed by atoms with E-state index in [1.54, 1.807) is 13.2 Å².